The summed E-state index contributed by atoms with van der Waals surface area (Å²) >= 11 is 6.22. The summed E-state index contributed by atoms with van der Waals surface area (Å²) in [5.74, 6) is 2.37. The lowest BCUT2D eigenvalue weighted by Crippen LogP contribution is -2.01. The lowest BCUT2D eigenvalue weighted by atomic mass is 10.2. The van der Waals surface area contributed by atoms with Crippen LogP contribution in [0.5, 0.6) is 11.5 Å². The number of hydrogen-bond donors (Lipinski definition) is 1. The summed E-state index contributed by atoms with van der Waals surface area (Å²) in [7, 11) is 0. The molecule has 1 aromatic rings. The van der Waals surface area contributed by atoms with E-state index in [0.29, 0.717) is 11.1 Å². The van der Waals surface area contributed by atoms with Gasteiger partial charge in [-0.25, -0.2) is 0 Å². The van der Waals surface area contributed by atoms with Gasteiger partial charge in [0.1, 0.15) is 4.32 Å². The molecule has 0 spiro atoms. The van der Waals surface area contributed by atoms with Crippen LogP contribution < -0.4 is 15.2 Å². The molecule has 1 aliphatic heterocycles. The average Bonchev–Trinajstić information content (AvgIpc) is 2.61. The monoisotopic (exact) mass is 227 g/mol. The third-order valence-corrected chi connectivity index (χ3v) is 2.93. The van der Waals surface area contributed by atoms with Gasteiger partial charge in [0.05, 0.1) is 0 Å². The van der Waals surface area contributed by atoms with Crippen molar-refractivity contribution in [2.24, 2.45) is 5.73 Å². The minimum atomic E-state index is 0.307. The van der Waals surface area contributed by atoms with Crippen LogP contribution in [-0.4, -0.2) is 11.1 Å². The predicted octanol–water partition coefficient (Wildman–Crippen LogP) is 1.89. The van der Waals surface area contributed by atoms with Crippen molar-refractivity contribution in [3.05, 3.63) is 23.8 Å². The molecule has 0 bridgehead atoms. The first-order valence-electron chi connectivity index (χ1n) is 4.06. The Labute approximate surface area is 91.6 Å². The third kappa shape index (κ3) is 2.10. The Kier molecular flexibility index (Phi) is 2.79. The summed E-state index contributed by atoms with van der Waals surface area (Å²) < 4.78 is 10.9. The van der Waals surface area contributed by atoms with Crippen molar-refractivity contribution in [3.8, 4) is 11.5 Å². The summed E-state index contributed by atoms with van der Waals surface area (Å²) in [5.41, 5.74) is 6.52. The minimum Gasteiger partial charge on any atom is -0.454 e. The van der Waals surface area contributed by atoms with Crippen LogP contribution in [-0.2, 0) is 5.75 Å². The van der Waals surface area contributed by atoms with E-state index in [1.54, 1.807) is 0 Å². The number of nitrogens with two attached hydrogens (primary N) is 1. The predicted molar refractivity (Wildman–Crippen MR) is 60.6 cm³/mol. The van der Waals surface area contributed by atoms with Crippen LogP contribution in [0.3, 0.4) is 0 Å². The Bertz CT molecular complexity index is 368. The Balaban J connectivity index is 2.09. The highest BCUT2D eigenvalue weighted by molar-refractivity contribution is 8.22. The smallest absolute Gasteiger partial charge is 0.231 e. The number of rotatable bonds is 2. The number of hydrogen-bond acceptors (Lipinski definition) is 4. The van der Waals surface area contributed by atoms with Gasteiger partial charge in [0, 0.05) is 5.75 Å². The standard InChI is InChI=1S/C9H9NO2S2/c10-9(13)14-4-6-1-2-7-8(3-6)12-5-11-7/h1-3H,4-5H2,(H2,10,13). The van der Waals surface area contributed by atoms with Gasteiger partial charge < -0.3 is 15.2 Å². The maximum atomic E-state index is 5.39. The van der Waals surface area contributed by atoms with Gasteiger partial charge in [0.25, 0.3) is 0 Å². The molecule has 1 aliphatic rings. The van der Waals surface area contributed by atoms with E-state index in [1.807, 2.05) is 18.2 Å². The van der Waals surface area contributed by atoms with E-state index in [9.17, 15) is 0 Å². The highest BCUT2D eigenvalue weighted by Crippen LogP contribution is 2.33. The van der Waals surface area contributed by atoms with Gasteiger partial charge in [-0.15, -0.1) is 0 Å². The first-order chi connectivity index (χ1) is 6.75. The molecule has 5 heteroatoms. The Hall–Kier alpha value is -0.940. The molecule has 14 heavy (non-hydrogen) atoms. The van der Waals surface area contributed by atoms with Crippen molar-refractivity contribution < 1.29 is 9.47 Å². The van der Waals surface area contributed by atoms with E-state index in [0.717, 1.165) is 22.8 Å². The maximum absolute atomic E-state index is 5.39. The minimum absolute atomic E-state index is 0.307. The second-order valence-corrected chi connectivity index (χ2v) is 4.51. The normalized spacial score (nSPS) is 12.9. The number of thioether (sulfide) groups is 1. The van der Waals surface area contributed by atoms with Crippen molar-refractivity contribution in [2.45, 2.75) is 5.75 Å². The lowest BCUT2D eigenvalue weighted by Gasteiger charge is -2.01. The lowest BCUT2D eigenvalue weighted by molar-refractivity contribution is 0.174. The van der Waals surface area contributed by atoms with E-state index in [4.69, 9.17) is 27.4 Å². The number of fused-ring (bicyclic) bond motifs is 1. The topological polar surface area (TPSA) is 44.5 Å². The van der Waals surface area contributed by atoms with Crippen molar-refractivity contribution in [2.75, 3.05) is 6.79 Å². The molecule has 0 radical (unpaired) electrons. The molecule has 2 rings (SSSR count). The quantitative estimate of drug-likeness (QED) is 0.782. The Morgan fingerprint density at radius 2 is 2.21 bits per heavy atom. The van der Waals surface area contributed by atoms with Crippen LogP contribution in [0, 0.1) is 0 Å². The molecule has 74 valence electrons. The van der Waals surface area contributed by atoms with Crippen molar-refractivity contribution in [3.63, 3.8) is 0 Å². The van der Waals surface area contributed by atoms with Crippen LogP contribution in [0.25, 0.3) is 0 Å². The summed E-state index contributed by atoms with van der Waals surface area (Å²) in [6.45, 7) is 0.307. The van der Waals surface area contributed by atoms with E-state index in [2.05, 4.69) is 0 Å². The second-order valence-electron chi connectivity index (χ2n) is 2.80. The SMILES string of the molecule is NC(=S)SCc1ccc2c(c1)OCO2. The highest BCUT2D eigenvalue weighted by atomic mass is 32.2. The van der Waals surface area contributed by atoms with Gasteiger partial charge in [0.2, 0.25) is 6.79 Å². The van der Waals surface area contributed by atoms with E-state index in [1.165, 1.54) is 11.8 Å². The largest absolute Gasteiger partial charge is 0.454 e. The molecular formula is C9H9NO2S2. The van der Waals surface area contributed by atoms with Gasteiger partial charge in [-0.3, -0.25) is 0 Å². The van der Waals surface area contributed by atoms with Crippen LogP contribution in [0.4, 0.5) is 0 Å². The number of benzene rings is 1. The fraction of sp³-hybridized carbons (Fsp3) is 0.222. The fourth-order valence-corrected chi connectivity index (χ4v) is 1.85. The van der Waals surface area contributed by atoms with Crippen molar-refractivity contribution in [1.29, 1.82) is 0 Å². The molecule has 0 atom stereocenters. The Morgan fingerprint density at radius 1 is 1.43 bits per heavy atom. The molecule has 1 heterocycles. The first kappa shape index (κ1) is 9.61. The molecule has 0 amide bonds. The van der Waals surface area contributed by atoms with Crippen LogP contribution in [0.2, 0.25) is 0 Å². The van der Waals surface area contributed by atoms with Crippen LogP contribution in [0.15, 0.2) is 18.2 Å². The van der Waals surface area contributed by atoms with E-state index >= 15 is 0 Å². The van der Waals surface area contributed by atoms with Crippen molar-refractivity contribution in [1.82, 2.24) is 0 Å². The van der Waals surface area contributed by atoms with Gasteiger partial charge >= 0.3 is 0 Å². The van der Waals surface area contributed by atoms with Crippen molar-refractivity contribution >= 4 is 28.3 Å². The second kappa shape index (κ2) is 4.06. The molecule has 0 aliphatic carbocycles. The van der Waals surface area contributed by atoms with Crippen LogP contribution >= 0.6 is 24.0 Å². The molecule has 0 aromatic heterocycles. The summed E-state index contributed by atoms with van der Waals surface area (Å²) in [5, 5.41) is 0. The number of thiocarbonyl (C=S) groups is 1. The molecule has 0 unspecified atom stereocenters. The molecule has 0 saturated carbocycles. The summed E-state index contributed by atoms with van der Waals surface area (Å²) in [4.78, 5) is 0. The molecule has 0 fully saturated rings. The van der Waals surface area contributed by atoms with E-state index in [-0.39, 0.29) is 0 Å². The van der Waals surface area contributed by atoms with Gasteiger partial charge in [-0.1, -0.05) is 30.0 Å². The van der Waals surface area contributed by atoms with Gasteiger partial charge in [0.15, 0.2) is 11.5 Å². The van der Waals surface area contributed by atoms with E-state index < -0.39 is 0 Å². The summed E-state index contributed by atoms with van der Waals surface area (Å²) in [6.07, 6.45) is 0. The first-order valence-corrected chi connectivity index (χ1v) is 5.46. The van der Waals surface area contributed by atoms with Crippen LogP contribution in [0.1, 0.15) is 5.56 Å². The molecule has 1 aromatic carbocycles. The molecule has 3 nitrogen and oxygen atoms in total. The highest BCUT2D eigenvalue weighted by Gasteiger charge is 2.12. The average molecular weight is 227 g/mol. The zero-order valence-corrected chi connectivity index (χ0v) is 8.99. The fourth-order valence-electron chi connectivity index (χ4n) is 1.19. The maximum Gasteiger partial charge on any atom is 0.231 e. The number of ether oxygens (including phenoxy) is 2. The summed E-state index contributed by atoms with van der Waals surface area (Å²) in [6, 6.07) is 5.84. The molecule has 2 N–H and O–H groups in total. The van der Waals surface area contributed by atoms with Gasteiger partial charge in [-0.05, 0) is 17.7 Å². The zero-order valence-electron chi connectivity index (χ0n) is 7.36. The molecular weight excluding hydrogens is 218 g/mol. The Morgan fingerprint density at radius 3 is 3.00 bits per heavy atom. The van der Waals surface area contributed by atoms with Gasteiger partial charge in [-0.2, -0.15) is 0 Å². The third-order valence-electron chi connectivity index (χ3n) is 1.82. The zero-order chi connectivity index (χ0) is 9.97. The molecule has 0 saturated heterocycles.